The molecule has 0 atom stereocenters. The molecule has 4 rings (SSSR count). The molecule has 2 heterocycles. The van der Waals surface area contributed by atoms with E-state index in [1.165, 1.54) is 0 Å². The molecule has 0 unspecified atom stereocenters. The van der Waals surface area contributed by atoms with Crippen LogP contribution in [0.5, 0.6) is 11.5 Å². The van der Waals surface area contributed by atoms with E-state index in [1.807, 2.05) is 41.3 Å². The summed E-state index contributed by atoms with van der Waals surface area (Å²) in [4.78, 5) is 28.7. The summed E-state index contributed by atoms with van der Waals surface area (Å²) in [6.45, 7) is 7.12. The van der Waals surface area contributed by atoms with Crippen molar-refractivity contribution in [2.45, 2.75) is 13.8 Å². The number of benzene rings is 2. The van der Waals surface area contributed by atoms with Crippen molar-refractivity contribution >= 4 is 23.1 Å². The van der Waals surface area contributed by atoms with Gasteiger partial charge in [0.2, 0.25) is 0 Å². The quantitative estimate of drug-likeness (QED) is 0.790. The fourth-order valence-corrected chi connectivity index (χ4v) is 4.08. The first-order valence-electron chi connectivity index (χ1n) is 10.7. The van der Waals surface area contributed by atoms with E-state index in [9.17, 15) is 9.59 Å². The standard InChI is InChI=1S/C25H28N2O5/c1-25(2)15-21(20-14-19(31-3)8-9-22(20)32-16-25)23(28)27-12-10-26(11-13-27)18-6-4-17(5-7-18)24(29)30/h4-9,14-15H,10-13,16H2,1-3H3,(H,29,30). The highest BCUT2D eigenvalue weighted by Crippen LogP contribution is 2.38. The molecule has 0 aromatic heterocycles. The van der Waals surface area contributed by atoms with Gasteiger partial charge in [0, 0.05) is 48.4 Å². The van der Waals surface area contributed by atoms with Crippen molar-refractivity contribution in [2.24, 2.45) is 5.41 Å². The Bertz CT molecular complexity index is 1050. The molecule has 1 amide bonds. The third-order valence-electron chi connectivity index (χ3n) is 5.89. The second-order valence-electron chi connectivity index (χ2n) is 8.83. The molecule has 32 heavy (non-hydrogen) atoms. The highest BCUT2D eigenvalue weighted by Gasteiger charge is 2.31. The number of hydrogen-bond acceptors (Lipinski definition) is 5. The van der Waals surface area contributed by atoms with Crippen LogP contribution < -0.4 is 14.4 Å². The maximum atomic E-state index is 13.6. The number of aromatic carboxylic acids is 1. The zero-order valence-electron chi connectivity index (χ0n) is 18.6. The van der Waals surface area contributed by atoms with Crippen LogP contribution in [0.2, 0.25) is 0 Å². The summed E-state index contributed by atoms with van der Waals surface area (Å²) in [7, 11) is 1.61. The van der Waals surface area contributed by atoms with Crippen LogP contribution in [0.25, 0.3) is 5.57 Å². The number of piperazine rings is 1. The van der Waals surface area contributed by atoms with Gasteiger partial charge in [0.05, 0.1) is 19.3 Å². The molecule has 2 aliphatic heterocycles. The first-order valence-corrected chi connectivity index (χ1v) is 10.7. The molecule has 0 saturated carbocycles. The molecule has 168 valence electrons. The third kappa shape index (κ3) is 4.42. The van der Waals surface area contributed by atoms with Crippen molar-refractivity contribution in [2.75, 3.05) is 44.8 Å². The van der Waals surface area contributed by atoms with Crippen molar-refractivity contribution in [1.29, 1.82) is 0 Å². The number of hydrogen-bond donors (Lipinski definition) is 1. The number of nitrogens with zero attached hydrogens (tertiary/aromatic N) is 2. The smallest absolute Gasteiger partial charge is 0.335 e. The van der Waals surface area contributed by atoms with Crippen LogP contribution in [0.15, 0.2) is 48.5 Å². The van der Waals surface area contributed by atoms with Crippen LogP contribution in [0.1, 0.15) is 29.8 Å². The average Bonchev–Trinajstić information content (AvgIpc) is 2.94. The zero-order chi connectivity index (χ0) is 22.9. The van der Waals surface area contributed by atoms with Gasteiger partial charge in [-0.3, -0.25) is 4.79 Å². The normalized spacial score (nSPS) is 17.5. The molecule has 2 aromatic rings. The number of amides is 1. The average molecular weight is 437 g/mol. The number of carboxylic acids is 1. The van der Waals surface area contributed by atoms with E-state index >= 15 is 0 Å². The van der Waals surface area contributed by atoms with E-state index in [4.69, 9.17) is 14.6 Å². The Morgan fingerprint density at radius 2 is 1.72 bits per heavy atom. The second kappa shape index (κ2) is 8.57. The molecule has 0 radical (unpaired) electrons. The zero-order valence-corrected chi connectivity index (χ0v) is 18.6. The Morgan fingerprint density at radius 1 is 1.03 bits per heavy atom. The summed E-state index contributed by atoms with van der Waals surface area (Å²) >= 11 is 0. The van der Waals surface area contributed by atoms with Crippen molar-refractivity contribution in [1.82, 2.24) is 4.90 Å². The number of carboxylic acid groups (broad SMARTS) is 1. The van der Waals surface area contributed by atoms with Gasteiger partial charge in [-0.05, 0) is 42.5 Å². The number of anilines is 1. The van der Waals surface area contributed by atoms with E-state index in [-0.39, 0.29) is 16.9 Å². The fraction of sp³-hybridized carbons (Fsp3) is 0.360. The predicted molar refractivity (Wildman–Crippen MR) is 122 cm³/mol. The maximum absolute atomic E-state index is 13.6. The van der Waals surface area contributed by atoms with Gasteiger partial charge in [-0.1, -0.05) is 19.9 Å². The van der Waals surface area contributed by atoms with E-state index in [0.717, 1.165) is 11.3 Å². The van der Waals surface area contributed by atoms with E-state index in [0.29, 0.717) is 49.9 Å². The minimum absolute atomic E-state index is 0.0149. The Labute approximate surface area is 187 Å². The lowest BCUT2D eigenvalue weighted by Crippen LogP contribution is -2.49. The van der Waals surface area contributed by atoms with E-state index in [1.54, 1.807) is 19.2 Å². The number of methoxy groups -OCH3 is 1. The Hall–Kier alpha value is -3.48. The number of fused-ring (bicyclic) bond motifs is 1. The third-order valence-corrected chi connectivity index (χ3v) is 5.89. The molecule has 1 fully saturated rings. The largest absolute Gasteiger partial charge is 0.497 e. The molecule has 7 heteroatoms. The highest BCUT2D eigenvalue weighted by atomic mass is 16.5. The van der Waals surface area contributed by atoms with Crippen molar-refractivity contribution in [3.63, 3.8) is 0 Å². The van der Waals surface area contributed by atoms with Crippen molar-refractivity contribution in [3.8, 4) is 11.5 Å². The first-order chi connectivity index (χ1) is 15.3. The summed E-state index contributed by atoms with van der Waals surface area (Å²) in [6, 6.07) is 12.4. The monoisotopic (exact) mass is 436 g/mol. The molecule has 1 saturated heterocycles. The summed E-state index contributed by atoms with van der Waals surface area (Å²) in [5.41, 5.74) is 2.33. The minimum atomic E-state index is -0.938. The van der Waals surface area contributed by atoms with Crippen molar-refractivity contribution < 1.29 is 24.2 Å². The summed E-state index contributed by atoms with van der Waals surface area (Å²) in [5, 5.41) is 9.09. The van der Waals surface area contributed by atoms with Gasteiger partial charge in [-0.2, -0.15) is 0 Å². The van der Waals surface area contributed by atoms with Gasteiger partial charge < -0.3 is 24.4 Å². The summed E-state index contributed by atoms with van der Waals surface area (Å²) < 4.78 is 11.4. The van der Waals surface area contributed by atoms with Crippen LogP contribution in [0.4, 0.5) is 5.69 Å². The topological polar surface area (TPSA) is 79.3 Å². The van der Waals surface area contributed by atoms with Gasteiger partial charge in [0.15, 0.2) is 0 Å². The lowest BCUT2D eigenvalue weighted by Gasteiger charge is -2.36. The number of rotatable bonds is 4. The van der Waals surface area contributed by atoms with Crippen LogP contribution >= 0.6 is 0 Å². The Balaban J connectivity index is 1.53. The van der Waals surface area contributed by atoms with E-state index < -0.39 is 5.97 Å². The molecule has 1 N–H and O–H groups in total. The Kier molecular flexibility index (Phi) is 5.82. The van der Waals surface area contributed by atoms with Gasteiger partial charge in [0.1, 0.15) is 11.5 Å². The lowest BCUT2D eigenvalue weighted by atomic mass is 9.90. The molecule has 2 aromatic carbocycles. The molecule has 0 spiro atoms. The van der Waals surface area contributed by atoms with Gasteiger partial charge >= 0.3 is 5.97 Å². The maximum Gasteiger partial charge on any atom is 0.335 e. The van der Waals surface area contributed by atoms with Gasteiger partial charge in [-0.15, -0.1) is 0 Å². The van der Waals surface area contributed by atoms with Gasteiger partial charge in [-0.25, -0.2) is 4.79 Å². The molecule has 7 nitrogen and oxygen atoms in total. The molecule has 0 aliphatic carbocycles. The minimum Gasteiger partial charge on any atom is -0.497 e. The van der Waals surface area contributed by atoms with Crippen LogP contribution in [0, 0.1) is 5.41 Å². The SMILES string of the molecule is COc1ccc2c(c1)C(C(=O)N1CCN(c3ccc(C(=O)O)cc3)CC1)=CC(C)(C)CO2. The molecule has 0 bridgehead atoms. The van der Waals surface area contributed by atoms with Crippen LogP contribution in [0.3, 0.4) is 0 Å². The van der Waals surface area contributed by atoms with Gasteiger partial charge in [0.25, 0.3) is 5.91 Å². The summed E-state index contributed by atoms with van der Waals surface area (Å²) in [5.74, 6) is 0.417. The molecule has 2 aliphatic rings. The van der Waals surface area contributed by atoms with Crippen LogP contribution in [-0.2, 0) is 4.79 Å². The number of ether oxygens (including phenoxy) is 2. The van der Waals surface area contributed by atoms with Crippen molar-refractivity contribution in [3.05, 3.63) is 59.7 Å². The molecular weight excluding hydrogens is 408 g/mol. The predicted octanol–water partition coefficient (Wildman–Crippen LogP) is 3.54. The lowest BCUT2D eigenvalue weighted by molar-refractivity contribution is -0.125. The first kappa shape index (κ1) is 21.7. The second-order valence-corrected chi connectivity index (χ2v) is 8.83. The number of carbonyl (C=O) groups excluding carboxylic acids is 1. The molecular formula is C25H28N2O5. The highest BCUT2D eigenvalue weighted by molar-refractivity contribution is 6.20. The Morgan fingerprint density at radius 3 is 2.34 bits per heavy atom. The van der Waals surface area contributed by atoms with E-state index in [2.05, 4.69) is 18.7 Å². The fourth-order valence-electron chi connectivity index (χ4n) is 4.08. The number of carbonyl (C=O) groups is 2. The summed E-state index contributed by atoms with van der Waals surface area (Å²) in [6.07, 6.45) is 2.01. The van der Waals surface area contributed by atoms with Crippen LogP contribution in [-0.4, -0.2) is 61.8 Å².